The summed E-state index contributed by atoms with van der Waals surface area (Å²) in [6, 6.07) is 10.0. The number of sulfone groups is 1. The Kier molecular flexibility index (Phi) is 5.07. The van der Waals surface area contributed by atoms with E-state index in [0.29, 0.717) is 11.7 Å². The number of aromatic amines is 1. The van der Waals surface area contributed by atoms with Crippen LogP contribution >= 0.6 is 0 Å². The second-order valence-corrected chi connectivity index (χ2v) is 10.5. The van der Waals surface area contributed by atoms with E-state index in [1.807, 2.05) is 30.3 Å². The largest absolute Gasteiger partial charge is 0.302 e. The molecule has 1 N–H and O–H groups in total. The van der Waals surface area contributed by atoms with E-state index in [1.165, 1.54) is 6.26 Å². The molecular weight excluding hydrogens is 360 g/mol. The number of benzene rings is 1. The molecule has 0 spiro atoms. The Hall–Kier alpha value is -1.73. The zero-order valence-electron chi connectivity index (χ0n) is 15.9. The average molecular weight is 389 g/mol. The number of hydrogen-bond donors (Lipinski definition) is 1. The number of likely N-dealkylation sites (tertiary alicyclic amines) is 1. The Labute approximate surface area is 161 Å². The fourth-order valence-corrected chi connectivity index (χ4v) is 6.14. The van der Waals surface area contributed by atoms with Gasteiger partial charge in [-0.05, 0) is 37.6 Å². The molecule has 7 heteroatoms. The van der Waals surface area contributed by atoms with E-state index in [1.54, 1.807) is 0 Å². The number of rotatable bonds is 6. The van der Waals surface area contributed by atoms with Crippen LogP contribution in [0.1, 0.15) is 43.8 Å². The van der Waals surface area contributed by atoms with E-state index in [9.17, 15) is 8.42 Å². The van der Waals surface area contributed by atoms with Gasteiger partial charge in [0.25, 0.3) is 0 Å². The van der Waals surface area contributed by atoms with E-state index in [2.05, 4.69) is 15.1 Å². The molecule has 1 aliphatic carbocycles. The van der Waals surface area contributed by atoms with Crippen LogP contribution in [0.2, 0.25) is 0 Å². The predicted molar refractivity (Wildman–Crippen MR) is 106 cm³/mol. The molecule has 1 aromatic heterocycles. The summed E-state index contributed by atoms with van der Waals surface area (Å²) in [4.78, 5) is 7.19. The van der Waals surface area contributed by atoms with E-state index < -0.39 is 9.84 Å². The number of nitrogens with one attached hydrogen (secondary N) is 1. The first-order valence-electron chi connectivity index (χ1n) is 9.80. The molecule has 0 radical (unpaired) electrons. The van der Waals surface area contributed by atoms with Gasteiger partial charge >= 0.3 is 0 Å². The first kappa shape index (κ1) is 18.6. The first-order chi connectivity index (χ1) is 12.9. The summed E-state index contributed by atoms with van der Waals surface area (Å²) in [6.45, 7) is 2.85. The second-order valence-electron chi connectivity index (χ2n) is 8.41. The summed E-state index contributed by atoms with van der Waals surface area (Å²) >= 11 is 0. The SMILES string of the molecule is CS(=O)(=O)CC1(CN2CCC[C@H](c3nc(-c4ccccc4)n[nH]3)C2)CCC1. The predicted octanol–water partition coefficient (Wildman–Crippen LogP) is 2.87. The molecule has 4 rings (SSSR count). The van der Waals surface area contributed by atoms with Crippen LogP contribution in [0.15, 0.2) is 30.3 Å². The van der Waals surface area contributed by atoms with Gasteiger partial charge < -0.3 is 4.90 Å². The molecule has 2 fully saturated rings. The van der Waals surface area contributed by atoms with Crippen molar-refractivity contribution in [1.29, 1.82) is 0 Å². The van der Waals surface area contributed by atoms with E-state index in [4.69, 9.17) is 4.98 Å². The highest BCUT2D eigenvalue weighted by atomic mass is 32.2. The van der Waals surface area contributed by atoms with Gasteiger partial charge in [0.1, 0.15) is 15.7 Å². The van der Waals surface area contributed by atoms with Gasteiger partial charge in [-0.15, -0.1) is 0 Å². The normalized spacial score (nSPS) is 23.1. The van der Waals surface area contributed by atoms with Crippen molar-refractivity contribution in [2.45, 2.75) is 38.0 Å². The van der Waals surface area contributed by atoms with Gasteiger partial charge in [0.15, 0.2) is 5.82 Å². The first-order valence-corrected chi connectivity index (χ1v) is 11.9. The highest BCUT2D eigenvalue weighted by molar-refractivity contribution is 7.90. The highest BCUT2D eigenvalue weighted by Gasteiger charge is 2.42. The quantitative estimate of drug-likeness (QED) is 0.823. The topological polar surface area (TPSA) is 79.0 Å². The smallest absolute Gasteiger partial charge is 0.181 e. The number of H-pyrrole nitrogens is 1. The van der Waals surface area contributed by atoms with Crippen molar-refractivity contribution < 1.29 is 8.42 Å². The van der Waals surface area contributed by atoms with Crippen LogP contribution in [0.25, 0.3) is 11.4 Å². The molecule has 1 aromatic carbocycles. The lowest BCUT2D eigenvalue weighted by Crippen LogP contribution is -2.49. The molecule has 2 aliphatic rings. The van der Waals surface area contributed by atoms with Crippen LogP contribution in [-0.4, -0.2) is 60.1 Å². The summed E-state index contributed by atoms with van der Waals surface area (Å²) in [7, 11) is -2.94. The van der Waals surface area contributed by atoms with Crippen LogP contribution in [0, 0.1) is 5.41 Å². The van der Waals surface area contributed by atoms with Crippen molar-refractivity contribution in [2.24, 2.45) is 5.41 Å². The van der Waals surface area contributed by atoms with Crippen molar-refractivity contribution >= 4 is 9.84 Å². The molecule has 27 heavy (non-hydrogen) atoms. The third-order valence-electron chi connectivity index (χ3n) is 5.97. The van der Waals surface area contributed by atoms with Gasteiger partial charge in [0.2, 0.25) is 0 Å². The minimum atomic E-state index is -2.94. The van der Waals surface area contributed by atoms with Crippen LogP contribution in [0.5, 0.6) is 0 Å². The van der Waals surface area contributed by atoms with Crippen molar-refractivity contribution in [3.05, 3.63) is 36.2 Å². The lowest BCUT2D eigenvalue weighted by Gasteiger charge is -2.46. The molecule has 1 aliphatic heterocycles. The Balaban J connectivity index is 1.43. The molecule has 1 saturated heterocycles. The fraction of sp³-hybridized carbons (Fsp3) is 0.600. The minimum Gasteiger partial charge on any atom is -0.302 e. The summed E-state index contributed by atoms with van der Waals surface area (Å²) in [5, 5.41) is 7.54. The monoisotopic (exact) mass is 388 g/mol. The maximum Gasteiger partial charge on any atom is 0.181 e. The molecule has 0 unspecified atom stereocenters. The average Bonchev–Trinajstić information content (AvgIpc) is 3.10. The number of hydrogen-bond acceptors (Lipinski definition) is 5. The van der Waals surface area contributed by atoms with Gasteiger partial charge in [-0.1, -0.05) is 36.8 Å². The van der Waals surface area contributed by atoms with Crippen LogP contribution in [0.4, 0.5) is 0 Å². The van der Waals surface area contributed by atoms with Crippen molar-refractivity contribution in [1.82, 2.24) is 20.1 Å². The maximum atomic E-state index is 11.9. The van der Waals surface area contributed by atoms with E-state index >= 15 is 0 Å². The van der Waals surface area contributed by atoms with Gasteiger partial charge in [0.05, 0.1) is 5.75 Å². The van der Waals surface area contributed by atoms with Gasteiger partial charge in [-0.3, -0.25) is 5.10 Å². The summed E-state index contributed by atoms with van der Waals surface area (Å²) in [5.41, 5.74) is 0.987. The molecule has 1 atom stereocenters. The number of aromatic nitrogens is 3. The second kappa shape index (κ2) is 7.36. The minimum absolute atomic E-state index is 0.0356. The molecule has 0 amide bonds. The summed E-state index contributed by atoms with van der Waals surface area (Å²) in [6.07, 6.45) is 6.78. The molecular formula is C20H28N4O2S. The lowest BCUT2D eigenvalue weighted by atomic mass is 9.69. The zero-order chi connectivity index (χ0) is 18.9. The van der Waals surface area contributed by atoms with E-state index in [0.717, 1.165) is 69.0 Å². The Bertz CT molecular complexity index is 874. The summed E-state index contributed by atoms with van der Waals surface area (Å²) < 4.78 is 23.7. The molecule has 2 heterocycles. The summed E-state index contributed by atoms with van der Waals surface area (Å²) in [5.74, 6) is 2.35. The van der Waals surface area contributed by atoms with Gasteiger partial charge in [-0.2, -0.15) is 5.10 Å². The Morgan fingerprint density at radius 2 is 2.00 bits per heavy atom. The Morgan fingerprint density at radius 1 is 1.22 bits per heavy atom. The molecule has 2 aromatic rings. The number of nitrogens with zero attached hydrogens (tertiary/aromatic N) is 3. The maximum absolute atomic E-state index is 11.9. The Morgan fingerprint density at radius 3 is 2.67 bits per heavy atom. The number of piperidine rings is 1. The molecule has 6 nitrogen and oxygen atoms in total. The van der Waals surface area contributed by atoms with Crippen LogP contribution < -0.4 is 0 Å². The van der Waals surface area contributed by atoms with Crippen LogP contribution in [-0.2, 0) is 9.84 Å². The molecule has 0 bridgehead atoms. The van der Waals surface area contributed by atoms with E-state index in [-0.39, 0.29) is 5.41 Å². The fourth-order valence-electron chi connectivity index (χ4n) is 4.65. The van der Waals surface area contributed by atoms with Crippen molar-refractivity contribution in [2.75, 3.05) is 31.6 Å². The standard InChI is InChI=1S/C20H28N4O2S/c1-27(25,26)15-20(10-6-11-20)14-24-12-5-9-17(13-24)19-21-18(22-23-19)16-7-3-2-4-8-16/h2-4,7-8,17H,5-6,9-15H2,1H3,(H,21,22,23)/t17-/m0/s1. The molecule has 1 saturated carbocycles. The van der Waals surface area contributed by atoms with Gasteiger partial charge in [-0.25, -0.2) is 13.4 Å². The molecule has 146 valence electrons. The highest BCUT2D eigenvalue weighted by Crippen LogP contribution is 2.43. The van der Waals surface area contributed by atoms with Crippen molar-refractivity contribution in [3.8, 4) is 11.4 Å². The lowest BCUT2D eigenvalue weighted by molar-refractivity contribution is 0.0708. The zero-order valence-corrected chi connectivity index (χ0v) is 16.7. The van der Waals surface area contributed by atoms with Gasteiger partial charge in [0, 0.05) is 30.8 Å². The third kappa shape index (κ3) is 4.41. The van der Waals surface area contributed by atoms with Crippen molar-refractivity contribution in [3.63, 3.8) is 0 Å². The third-order valence-corrected chi connectivity index (χ3v) is 7.11. The van der Waals surface area contributed by atoms with Crippen LogP contribution in [0.3, 0.4) is 0 Å².